The zero-order valence-corrected chi connectivity index (χ0v) is 20.9. The standard InChI is InChI=1S/C26H23ClN4O3S/c1-16-4-10-20(11-5-16)29-26-30-22(15-35-26)18-6-8-19(9-7-18)25(32)31-28-14-17-12-21(27)24(34-3)23(13-17)33-2/h4-15H,1-3H3,(H,29,30)(H,31,32)/b28-14-. The highest BCUT2D eigenvalue weighted by Crippen LogP contribution is 2.35. The number of halogens is 1. The Labute approximate surface area is 212 Å². The van der Waals surface area contributed by atoms with Crippen molar-refractivity contribution in [3.63, 3.8) is 0 Å². The molecule has 0 spiro atoms. The van der Waals surface area contributed by atoms with E-state index in [9.17, 15) is 4.79 Å². The van der Waals surface area contributed by atoms with Crippen LogP contribution >= 0.6 is 22.9 Å². The molecule has 0 bridgehead atoms. The van der Waals surface area contributed by atoms with E-state index in [1.165, 1.54) is 37.3 Å². The number of hydrogen-bond acceptors (Lipinski definition) is 7. The first kappa shape index (κ1) is 24.3. The van der Waals surface area contributed by atoms with Crippen molar-refractivity contribution in [3.8, 4) is 22.8 Å². The monoisotopic (exact) mass is 506 g/mol. The van der Waals surface area contributed by atoms with Crippen LogP contribution in [0.25, 0.3) is 11.3 Å². The molecule has 4 rings (SSSR count). The average Bonchev–Trinajstić information content (AvgIpc) is 3.33. The van der Waals surface area contributed by atoms with E-state index in [0.717, 1.165) is 22.1 Å². The molecule has 0 aliphatic heterocycles. The number of amides is 1. The first-order valence-electron chi connectivity index (χ1n) is 10.6. The number of carbonyl (C=O) groups is 1. The molecule has 0 radical (unpaired) electrons. The molecule has 0 aliphatic carbocycles. The van der Waals surface area contributed by atoms with E-state index < -0.39 is 0 Å². The Morgan fingerprint density at radius 1 is 1.06 bits per heavy atom. The van der Waals surface area contributed by atoms with Crippen molar-refractivity contribution in [2.24, 2.45) is 5.10 Å². The second-order valence-corrected chi connectivity index (χ2v) is 8.81. The molecule has 1 aromatic heterocycles. The summed E-state index contributed by atoms with van der Waals surface area (Å²) in [5.41, 5.74) is 7.59. The van der Waals surface area contributed by atoms with Crippen LogP contribution in [-0.4, -0.2) is 31.3 Å². The number of anilines is 2. The van der Waals surface area contributed by atoms with Crippen LogP contribution in [0.15, 0.2) is 71.1 Å². The van der Waals surface area contributed by atoms with Crippen LogP contribution in [0.1, 0.15) is 21.5 Å². The largest absolute Gasteiger partial charge is 0.493 e. The SMILES string of the molecule is COc1cc(/C=N\NC(=O)c2ccc(-c3csc(Nc4ccc(C)cc4)n3)cc2)cc(Cl)c1OC. The van der Waals surface area contributed by atoms with Gasteiger partial charge in [-0.05, 0) is 48.9 Å². The fourth-order valence-electron chi connectivity index (χ4n) is 3.26. The first-order chi connectivity index (χ1) is 17.0. The van der Waals surface area contributed by atoms with E-state index in [0.29, 0.717) is 27.6 Å². The number of nitrogens with one attached hydrogen (secondary N) is 2. The summed E-state index contributed by atoms with van der Waals surface area (Å²) in [6, 6.07) is 18.7. The number of hydrazone groups is 1. The van der Waals surface area contributed by atoms with Crippen LogP contribution in [0.5, 0.6) is 11.5 Å². The van der Waals surface area contributed by atoms with Crippen LogP contribution in [0.3, 0.4) is 0 Å². The van der Waals surface area contributed by atoms with Crippen molar-refractivity contribution in [1.82, 2.24) is 10.4 Å². The molecule has 0 unspecified atom stereocenters. The number of benzene rings is 3. The zero-order chi connectivity index (χ0) is 24.8. The van der Waals surface area contributed by atoms with Gasteiger partial charge in [-0.15, -0.1) is 11.3 Å². The summed E-state index contributed by atoms with van der Waals surface area (Å²) in [6.45, 7) is 2.05. The lowest BCUT2D eigenvalue weighted by molar-refractivity contribution is 0.0955. The van der Waals surface area contributed by atoms with Crippen molar-refractivity contribution >= 4 is 45.9 Å². The molecule has 7 nitrogen and oxygen atoms in total. The highest BCUT2D eigenvalue weighted by Gasteiger charge is 2.11. The van der Waals surface area contributed by atoms with Gasteiger partial charge in [0.05, 0.1) is 31.2 Å². The lowest BCUT2D eigenvalue weighted by Crippen LogP contribution is -2.17. The van der Waals surface area contributed by atoms with Crippen molar-refractivity contribution in [2.75, 3.05) is 19.5 Å². The van der Waals surface area contributed by atoms with Gasteiger partial charge >= 0.3 is 0 Å². The topological polar surface area (TPSA) is 84.8 Å². The van der Waals surface area contributed by atoms with Crippen LogP contribution < -0.4 is 20.2 Å². The zero-order valence-electron chi connectivity index (χ0n) is 19.3. The number of aromatic nitrogens is 1. The number of ether oxygens (including phenoxy) is 2. The van der Waals surface area contributed by atoms with Gasteiger partial charge < -0.3 is 14.8 Å². The lowest BCUT2D eigenvalue weighted by atomic mass is 10.1. The van der Waals surface area contributed by atoms with Crippen LogP contribution in [0, 0.1) is 6.92 Å². The number of nitrogens with zero attached hydrogens (tertiary/aromatic N) is 2. The summed E-state index contributed by atoms with van der Waals surface area (Å²) >= 11 is 7.72. The highest BCUT2D eigenvalue weighted by atomic mass is 35.5. The third-order valence-corrected chi connectivity index (χ3v) is 6.12. The van der Waals surface area contributed by atoms with Crippen molar-refractivity contribution in [1.29, 1.82) is 0 Å². The Morgan fingerprint density at radius 2 is 1.80 bits per heavy atom. The maximum Gasteiger partial charge on any atom is 0.271 e. The number of methoxy groups -OCH3 is 2. The smallest absolute Gasteiger partial charge is 0.271 e. The molecule has 3 aromatic carbocycles. The summed E-state index contributed by atoms with van der Waals surface area (Å²) in [5.74, 6) is 0.579. The quantitative estimate of drug-likeness (QED) is 0.216. The minimum atomic E-state index is -0.334. The molecule has 0 aliphatic rings. The molecule has 0 saturated carbocycles. The molecule has 1 heterocycles. The van der Waals surface area contributed by atoms with Crippen LogP contribution in [-0.2, 0) is 0 Å². The van der Waals surface area contributed by atoms with Crippen molar-refractivity contribution < 1.29 is 14.3 Å². The lowest BCUT2D eigenvalue weighted by Gasteiger charge is -2.09. The van der Waals surface area contributed by atoms with Gasteiger partial charge in [0.25, 0.3) is 5.91 Å². The van der Waals surface area contributed by atoms with E-state index in [-0.39, 0.29) is 5.91 Å². The number of thiazole rings is 1. The summed E-state index contributed by atoms with van der Waals surface area (Å²) < 4.78 is 10.5. The van der Waals surface area contributed by atoms with Gasteiger partial charge in [0.1, 0.15) is 0 Å². The van der Waals surface area contributed by atoms with Gasteiger partial charge in [-0.2, -0.15) is 5.10 Å². The minimum Gasteiger partial charge on any atom is -0.493 e. The molecule has 1 amide bonds. The van der Waals surface area contributed by atoms with E-state index in [4.69, 9.17) is 21.1 Å². The molecular weight excluding hydrogens is 484 g/mol. The normalized spacial score (nSPS) is 10.9. The summed E-state index contributed by atoms with van der Waals surface area (Å²) in [7, 11) is 3.03. The van der Waals surface area contributed by atoms with E-state index in [1.54, 1.807) is 24.3 Å². The second-order valence-electron chi connectivity index (χ2n) is 7.54. The Kier molecular flexibility index (Phi) is 7.64. The van der Waals surface area contributed by atoms with E-state index in [2.05, 4.69) is 27.8 Å². The molecule has 35 heavy (non-hydrogen) atoms. The van der Waals surface area contributed by atoms with Gasteiger partial charge in [-0.1, -0.05) is 41.4 Å². The summed E-state index contributed by atoms with van der Waals surface area (Å²) in [5, 5.41) is 10.5. The molecule has 9 heteroatoms. The number of rotatable bonds is 8. The van der Waals surface area contributed by atoms with E-state index in [1.807, 2.05) is 41.8 Å². The van der Waals surface area contributed by atoms with Gasteiger partial charge in [0, 0.05) is 22.2 Å². The number of aryl methyl sites for hydroxylation is 1. The van der Waals surface area contributed by atoms with Gasteiger partial charge in [-0.3, -0.25) is 4.79 Å². The maximum atomic E-state index is 12.5. The highest BCUT2D eigenvalue weighted by molar-refractivity contribution is 7.14. The third-order valence-electron chi connectivity index (χ3n) is 5.09. The third kappa shape index (κ3) is 5.98. The minimum absolute atomic E-state index is 0.334. The van der Waals surface area contributed by atoms with Crippen LogP contribution in [0.2, 0.25) is 5.02 Å². The van der Waals surface area contributed by atoms with Gasteiger partial charge in [0.2, 0.25) is 0 Å². The molecule has 178 valence electrons. The number of carbonyl (C=O) groups excluding carboxylic acids is 1. The Hall–Kier alpha value is -3.88. The van der Waals surface area contributed by atoms with E-state index >= 15 is 0 Å². The maximum absolute atomic E-state index is 12.5. The predicted octanol–water partition coefficient (Wildman–Crippen LogP) is 6.30. The Morgan fingerprint density at radius 3 is 2.49 bits per heavy atom. The van der Waals surface area contributed by atoms with Crippen molar-refractivity contribution in [2.45, 2.75) is 6.92 Å². The number of hydrogen-bond donors (Lipinski definition) is 2. The molecular formula is C26H23ClN4O3S. The van der Waals surface area contributed by atoms with Crippen molar-refractivity contribution in [3.05, 3.63) is 87.8 Å². The predicted molar refractivity (Wildman–Crippen MR) is 142 cm³/mol. The average molecular weight is 507 g/mol. The van der Waals surface area contributed by atoms with Crippen LogP contribution in [0.4, 0.5) is 10.8 Å². The fraction of sp³-hybridized carbons (Fsp3) is 0.115. The molecule has 4 aromatic rings. The van der Waals surface area contributed by atoms with Gasteiger partial charge in [-0.25, -0.2) is 10.4 Å². The Balaban J connectivity index is 1.38. The molecule has 2 N–H and O–H groups in total. The summed E-state index contributed by atoms with van der Waals surface area (Å²) in [4.78, 5) is 17.1. The fourth-order valence-corrected chi connectivity index (χ4v) is 4.30. The molecule has 0 saturated heterocycles. The first-order valence-corrected chi connectivity index (χ1v) is 11.9. The second kappa shape index (κ2) is 11.0. The molecule has 0 atom stereocenters. The Bertz CT molecular complexity index is 1350. The summed E-state index contributed by atoms with van der Waals surface area (Å²) in [6.07, 6.45) is 1.48. The van der Waals surface area contributed by atoms with Gasteiger partial charge in [0.15, 0.2) is 16.6 Å². The molecule has 0 fully saturated rings.